The zero-order valence-electron chi connectivity index (χ0n) is 13.7. The van der Waals surface area contributed by atoms with Gasteiger partial charge < -0.3 is 23.9 Å². The summed E-state index contributed by atoms with van der Waals surface area (Å²) in [7, 11) is 4.50. The molecule has 1 N–H and O–H groups in total. The van der Waals surface area contributed by atoms with E-state index in [0.717, 1.165) is 5.56 Å². The molecule has 0 spiro atoms. The molecule has 8 nitrogen and oxygen atoms in total. The lowest BCUT2D eigenvalue weighted by molar-refractivity contribution is 0.315. The average Bonchev–Trinajstić information content (AvgIpc) is 3.33. The highest BCUT2D eigenvalue weighted by Crippen LogP contribution is 2.38. The molecular weight excluding hydrogens is 346 g/mol. The van der Waals surface area contributed by atoms with E-state index in [-0.39, 0.29) is 11.6 Å². The molecule has 0 saturated carbocycles. The fraction of sp³-hybridized carbons (Fsp3) is 0.188. The summed E-state index contributed by atoms with van der Waals surface area (Å²) >= 11 is 1.52. The first-order valence-electron chi connectivity index (χ1n) is 7.11. The number of ether oxygens (including phenoxy) is 3. The number of benzene rings is 1. The predicted molar refractivity (Wildman–Crippen MR) is 91.1 cm³/mol. The Morgan fingerprint density at radius 3 is 2.40 bits per heavy atom. The van der Waals surface area contributed by atoms with E-state index in [4.69, 9.17) is 18.7 Å². The molecule has 3 rings (SSSR count). The molecule has 3 aromatic rings. The number of aromatic nitrogens is 2. The summed E-state index contributed by atoms with van der Waals surface area (Å²) in [6.07, 6.45) is 0. The van der Waals surface area contributed by atoms with Gasteiger partial charge in [-0.15, -0.1) is 0 Å². The maximum absolute atomic E-state index is 9.48. The van der Waals surface area contributed by atoms with Crippen LogP contribution in [-0.2, 0) is 0 Å². The lowest BCUT2D eigenvalue weighted by Crippen LogP contribution is -2.06. The largest absolute Gasteiger partial charge is 0.493 e. The Bertz CT molecular complexity index is 864. The van der Waals surface area contributed by atoms with Gasteiger partial charge in [0, 0.05) is 16.5 Å². The lowest BCUT2D eigenvalue weighted by atomic mass is 10.1. The molecule has 1 aromatic carbocycles. The first-order valence-corrected chi connectivity index (χ1v) is 8.05. The van der Waals surface area contributed by atoms with Gasteiger partial charge in [-0.05, 0) is 23.6 Å². The molecule has 9 heteroatoms. The molecule has 2 heterocycles. The molecule has 0 bridgehead atoms. The van der Waals surface area contributed by atoms with Crippen molar-refractivity contribution < 1.29 is 23.9 Å². The molecule has 25 heavy (non-hydrogen) atoms. The van der Waals surface area contributed by atoms with E-state index in [1.165, 1.54) is 32.7 Å². The highest BCUT2D eigenvalue weighted by Gasteiger charge is 2.22. The minimum Gasteiger partial charge on any atom is -0.493 e. The maximum Gasteiger partial charge on any atom is 0.280 e. The van der Waals surface area contributed by atoms with Crippen LogP contribution in [0.4, 0.5) is 0 Å². The number of hydrogen-bond donors (Lipinski definition) is 1. The van der Waals surface area contributed by atoms with Crippen molar-refractivity contribution in [3.05, 3.63) is 40.4 Å². The van der Waals surface area contributed by atoms with Crippen molar-refractivity contribution in [2.75, 3.05) is 21.3 Å². The van der Waals surface area contributed by atoms with Crippen LogP contribution in [0.2, 0.25) is 0 Å². The van der Waals surface area contributed by atoms with Crippen LogP contribution in [0.25, 0.3) is 11.4 Å². The topological polar surface area (TPSA) is 99.2 Å². The Hall–Kier alpha value is -3.07. The summed E-state index contributed by atoms with van der Waals surface area (Å²) < 4.78 is 21.1. The van der Waals surface area contributed by atoms with Crippen LogP contribution in [-0.4, -0.2) is 42.4 Å². The van der Waals surface area contributed by atoms with Gasteiger partial charge in [0.2, 0.25) is 11.6 Å². The monoisotopic (exact) mass is 361 g/mol. The van der Waals surface area contributed by atoms with E-state index in [1.807, 2.05) is 16.8 Å². The Morgan fingerprint density at radius 2 is 1.88 bits per heavy atom. The third-order valence-electron chi connectivity index (χ3n) is 3.45. The van der Waals surface area contributed by atoms with E-state index >= 15 is 0 Å². The number of hydrogen-bond acceptors (Lipinski definition) is 9. The minimum atomic E-state index is 0.0676. The average molecular weight is 361 g/mol. The van der Waals surface area contributed by atoms with E-state index < -0.39 is 0 Å². The summed E-state index contributed by atoms with van der Waals surface area (Å²) in [4.78, 5) is 4.28. The number of oxime groups is 1. The van der Waals surface area contributed by atoms with Crippen LogP contribution >= 0.6 is 11.3 Å². The summed E-state index contributed by atoms with van der Waals surface area (Å²) in [5, 5.41) is 20.5. The molecule has 0 aliphatic carbocycles. The summed E-state index contributed by atoms with van der Waals surface area (Å²) in [6, 6.07) is 5.13. The molecule has 0 amide bonds. The molecular formula is C16H15N3O5S. The van der Waals surface area contributed by atoms with Crippen LogP contribution in [0.15, 0.2) is 38.6 Å². The van der Waals surface area contributed by atoms with Crippen LogP contribution in [0.1, 0.15) is 11.5 Å². The van der Waals surface area contributed by atoms with E-state index in [2.05, 4.69) is 15.3 Å². The quantitative estimate of drug-likeness (QED) is 0.409. The number of thiophene rings is 1. The Morgan fingerprint density at radius 1 is 1.16 bits per heavy atom. The molecule has 0 radical (unpaired) electrons. The fourth-order valence-electron chi connectivity index (χ4n) is 2.27. The molecule has 0 fully saturated rings. The van der Waals surface area contributed by atoms with Crippen LogP contribution in [0.5, 0.6) is 17.2 Å². The molecule has 0 unspecified atom stereocenters. The van der Waals surface area contributed by atoms with E-state index in [1.54, 1.807) is 12.1 Å². The zero-order valence-corrected chi connectivity index (χ0v) is 14.5. The highest BCUT2D eigenvalue weighted by atomic mass is 32.1. The highest BCUT2D eigenvalue weighted by molar-refractivity contribution is 7.08. The molecule has 0 aliphatic heterocycles. The smallest absolute Gasteiger partial charge is 0.280 e. The van der Waals surface area contributed by atoms with Crippen molar-refractivity contribution in [3.8, 4) is 28.6 Å². The Kier molecular flexibility index (Phi) is 4.85. The maximum atomic E-state index is 9.48. The van der Waals surface area contributed by atoms with Crippen molar-refractivity contribution in [3.63, 3.8) is 0 Å². The zero-order chi connectivity index (χ0) is 17.8. The van der Waals surface area contributed by atoms with Crippen molar-refractivity contribution in [2.24, 2.45) is 5.16 Å². The SMILES string of the molecule is COc1cc(/C(=N/O)c2nc(-c3ccsc3)no2)cc(OC)c1OC. The fourth-order valence-corrected chi connectivity index (χ4v) is 2.90. The molecule has 0 aliphatic rings. The van der Waals surface area contributed by atoms with Crippen LogP contribution in [0, 0.1) is 0 Å². The second kappa shape index (κ2) is 7.22. The van der Waals surface area contributed by atoms with Crippen LogP contribution < -0.4 is 14.2 Å². The molecule has 2 aromatic heterocycles. The van der Waals surface area contributed by atoms with Gasteiger partial charge in [-0.2, -0.15) is 16.3 Å². The second-order valence-corrected chi connectivity index (χ2v) is 5.58. The molecule has 0 saturated heterocycles. The first-order chi connectivity index (χ1) is 12.2. The molecule has 130 valence electrons. The van der Waals surface area contributed by atoms with Gasteiger partial charge in [0.05, 0.1) is 21.3 Å². The first kappa shape index (κ1) is 16.8. The minimum absolute atomic E-state index is 0.0676. The number of nitrogens with zero attached hydrogens (tertiary/aromatic N) is 3. The summed E-state index contributed by atoms with van der Waals surface area (Å²) in [5.41, 5.74) is 1.38. The lowest BCUT2D eigenvalue weighted by Gasteiger charge is -2.13. The van der Waals surface area contributed by atoms with Crippen molar-refractivity contribution in [1.82, 2.24) is 10.1 Å². The van der Waals surface area contributed by atoms with Gasteiger partial charge >= 0.3 is 0 Å². The third-order valence-corrected chi connectivity index (χ3v) is 4.13. The standard InChI is InChI=1S/C16H15N3O5S/c1-21-11-6-10(7-12(22-2)14(11)23-3)13(18-20)16-17-15(19-24-16)9-4-5-25-8-9/h4-8,20H,1-3H3/b18-13-. The van der Waals surface area contributed by atoms with Crippen molar-refractivity contribution in [2.45, 2.75) is 0 Å². The normalized spacial score (nSPS) is 11.4. The molecule has 0 atom stereocenters. The summed E-state index contributed by atoms with van der Waals surface area (Å²) in [6.45, 7) is 0. The van der Waals surface area contributed by atoms with Gasteiger partial charge in [-0.25, -0.2) is 0 Å². The third kappa shape index (κ3) is 3.13. The summed E-state index contributed by atoms with van der Waals surface area (Å²) in [5.74, 6) is 1.73. The number of methoxy groups -OCH3 is 3. The number of rotatable bonds is 6. The Labute approximate surface area is 147 Å². The predicted octanol–water partition coefficient (Wildman–Crippen LogP) is 3.05. The van der Waals surface area contributed by atoms with Crippen molar-refractivity contribution in [1.29, 1.82) is 0 Å². The van der Waals surface area contributed by atoms with E-state index in [9.17, 15) is 5.21 Å². The van der Waals surface area contributed by atoms with Gasteiger partial charge in [0.25, 0.3) is 5.89 Å². The van der Waals surface area contributed by atoms with Gasteiger partial charge in [0.1, 0.15) is 0 Å². The van der Waals surface area contributed by atoms with Gasteiger partial charge in [-0.3, -0.25) is 0 Å². The van der Waals surface area contributed by atoms with Crippen molar-refractivity contribution >= 4 is 17.0 Å². The van der Waals surface area contributed by atoms with E-state index in [0.29, 0.717) is 28.6 Å². The Balaban J connectivity index is 2.05. The van der Waals surface area contributed by atoms with Gasteiger partial charge in [-0.1, -0.05) is 10.3 Å². The van der Waals surface area contributed by atoms with Crippen LogP contribution in [0.3, 0.4) is 0 Å². The van der Waals surface area contributed by atoms with Gasteiger partial charge in [0.15, 0.2) is 17.2 Å². The second-order valence-electron chi connectivity index (χ2n) is 4.80.